The highest BCUT2D eigenvalue weighted by Crippen LogP contribution is 2.30. The van der Waals surface area contributed by atoms with Crippen LogP contribution in [0.4, 0.5) is 13.2 Å². The highest BCUT2D eigenvalue weighted by Gasteiger charge is 2.21. The maximum Gasteiger partial charge on any atom is 0.271 e. The Hall–Kier alpha value is -1.30. The van der Waals surface area contributed by atoms with E-state index in [0.717, 1.165) is 13.2 Å². The lowest BCUT2D eigenvalue weighted by atomic mass is 10.2. The van der Waals surface area contributed by atoms with Gasteiger partial charge in [0.05, 0.1) is 19.4 Å². The van der Waals surface area contributed by atoms with E-state index in [4.69, 9.17) is 5.11 Å². The molecule has 0 aliphatic rings. The van der Waals surface area contributed by atoms with Crippen molar-refractivity contribution in [3.8, 4) is 5.88 Å². The summed E-state index contributed by atoms with van der Waals surface area (Å²) in [5.74, 6) is -1.63. The molecule has 0 fully saturated rings. The third kappa shape index (κ3) is 1.95. The van der Waals surface area contributed by atoms with Crippen molar-refractivity contribution in [2.24, 2.45) is 0 Å². The molecule has 0 amide bonds. The van der Waals surface area contributed by atoms with Crippen LogP contribution >= 0.6 is 0 Å². The summed E-state index contributed by atoms with van der Waals surface area (Å²) in [6.07, 6.45) is -3.00. The van der Waals surface area contributed by atoms with E-state index in [0.29, 0.717) is 0 Å². The first-order valence-corrected chi connectivity index (χ1v) is 3.72. The molecular formula is C8H8F3NO2. The number of aliphatic hydroxyl groups is 1. The van der Waals surface area contributed by atoms with Gasteiger partial charge in [-0.25, -0.2) is 18.2 Å². The van der Waals surface area contributed by atoms with E-state index in [9.17, 15) is 13.2 Å². The molecule has 1 aromatic heterocycles. The average molecular weight is 207 g/mol. The predicted molar refractivity (Wildman–Crippen MR) is 41.6 cm³/mol. The number of alkyl halides is 2. The summed E-state index contributed by atoms with van der Waals surface area (Å²) in [7, 11) is 1.11. The molecular weight excluding hydrogens is 199 g/mol. The van der Waals surface area contributed by atoms with Gasteiger partial charge in [0, 0.05) is 0 Å². The zero-order valence-electron chi connectivity index (χ0n) is 7.30. The lowest BCUT2D eigenvalue weighted by Gasteiger charge is -2.08. The second-order valence-electron chi connectivity index (χ2n) is 2.48. The van der Waals surface area contributed by atoms with Crippen LogP contribution in [0.2, 0.25) is 0 Å². The minimum absolute atomic E-state index is 0.0521. The van der Waals surface area contributed by atoms with Crippen LogP contribution < -0.4 is 4.74 Å². The van der Waals surface area contributed by atoms with Crippen LogP contribution in [0.5, 0.6) is 5.88 Å². The van der Waals surface area contributed by atoms with Gasteiger partial charge in [-0.1, -0.05) is 0 Å². The van der Waals surface area contributed by atoms with Crippen LogP contribution in [0.25, 0.3) is 0 Å². The zero-order valence-corrected chi connectivity index (χ0v) is 7.30. The van der Waals surface area contributed by atoms with Crippen LogP contribution in [-0.2, 0) is 6.61 Å². The number of aliphatic hydroxyl groups excluding tert-OH is 1. The molecule has 0 aromatic carbocycles. The quantitative estimate of drug-likeness (QED) is 0.819. The monoisotopic (exact) mass is 207 g/mol. The molecule has 0 aliphatic carbocycles. The first-order valence-electron chi connectivity index (χ1n) is 3.72. The van der Waals surface area contributed by atoms with E-state index >= 15 is 0 Å². The molecule has 0 atom stereocenters. The summed E-state index contributed by atoms with van der Waals surface area (Å²) in [4.78, 5) is 3.50. The average Bonchev–Trinajstić information content (AvgIpc) is 2.15. The van der Waals surface area contributed by atoms with Crippen LogP contribution in [0.3, 0.4) is 0 Å². The van der Waals surface area contributed by atoms with E-state index in [-0.39, 0.29) is 5.69 Å². The molecule has 3 nitrogen and oxygen atoms in total. The fourth-order valence-electron chi connectivity index (χ4n) is 0.983. The van der Waals surface area contributed by atoms with Crippen LogP contribution in [0.15, 0.2) is 6.07 Å². The topological polar surface area (TPSA) is 42.4 Å². The molecule has 14 heavy (non-hydrogen) atoms. The number of rotatable bonds is 3. The number of nitrogens with zero attached hydrogens (tertiary/aromatic N) is 1. The standard InChI is InChI=1S/C8H8F3NO2/c1-14-8-6(7(10)11)5(9)2-4(3-13)12-8/h2,7,13H,3H2,1H3. The van der Waals surface area contributed by atoms with Gasteiger partial charge in [0.15, 0.2) is 0 Å². The Bertz CT molecular complexity index is 331. The third-order valence-corrected chi connectivity index (χ3v) is 1.60. The number of ether oxygens (including phenoxy) is 1. The van der Waals surface area contributed by atoms with Crippen LogP contribution in [0.1, 0.15) is 17.7 Å². The molecule has 0 bridgehead atoms. The van der Waals surface area contributed by atoms with Gasteiger partial charge in [-0.2, -0.15) is 0 Å². The lowest BCUT2D eigenvalue weighted by Crippen LogP contribution is -2.03. The third-order valence-electron chi connectivity index (χ3n) is 1.60. The highest BCUT2D eigenvalue weighted by molar-refractivity contribution is 5.30. The number of halogens is 3. The van der Waals surface area contributed by atoms with E-state index in [2.05, 4.69) is 9.72 Å². The Morgan fingerprint density at radius 1 is 1.57 bits per heavy atom. The van der Waals surface area contributed by atoms with Gasteiger partial charge in [-0.3, -0.25) is 0 Å². The molecule has 0 spiro atoms. The first kappa shape index (κ1) is 10.8. The smallest absolute Gasteiger partial charge is 0.271 e. The lowest BCUT2D eigenvalue weighted by molar-refractivity contribution is 0.140. The van der Waals surface area contributed by atoms with Crippen LogP contribution in [-0.4, -0.2) is 17.2 Å². The second kappa shape index (κ2) is 4.28. The van der Waals surface area contributed by atoms with Gasteiger partial charge < -0.3 is 9.84 Å². The summed E-state index contributed by atoms with van der Waals surface area (Å²) < 4.78 is 42.1. The minimum Gasteiger partial charge on any atom is -0.481 e. The van der Waals surface area contributed by atoms with Crippen molar-refractivity contribution in [3.05, 3.63) is 23.1 Å². The number of aromatic nitrogens is 1. The Morgan fingerprint density at radius 3 is 2.64 bits per heavy atom. The molecule has 6 heteroatoms. The Kier molecular flexibility index (Phi) is 3.29. The molecule has 0 saturated heterocycles. The van der Waals surface area contributed by atoms with Gasteiger partial charge in [-0.15, -0.1) is 0 Å². The van der Waals surface area contributed by atoms with Gasteiger partial charge in [0.25, 0.3) is 6.43 Å². The van der Waals surface area contributed by atoms with E-state index in [1.54, 1.807) is 0 Å². The second-order valence-corrected chi connectivity index (χ2v) is 2.48. The fourth-order valence-corrected chi connectivity index (χ4v) is 0.983. The predicted octanol–water partition coefficient (Wildman–Crippen LogP) is 1.66. The molecule has 1 heterocycles. The van der Waals surface area contributed by atoms with Gasteiger partial charge in [0.1, 0.15) is 11.4 Å². The van der Waals surface area contributed by atoms with E-state index < -0.39 is 30.3 Å². The summed E-state index contributed by atoms with van der Waals surface area (Å²) in [6, 6.07) is 0.754. The van der Waals surface area contributed by atoms with Gasteiger partial charge in [0.2, 0.25) is 5.88 Å². The van der Waals surface area contributed by atoms with Crippen molar-refractivity contribution in [2.75, 3.05) is 7.11 Å². The number of pyridine rings is 1. The van der Waals surface area contributed by atoms with Crippen molar-refractivity contribution < 1.29 is 23.0 Å². The first-order chi connectivity index (χ1) is 6.60. The van der Waals surface area contributed by atoms with Gasteiger partial charge in [-0.05, 0) is 6.07 Å². The van der Waals surface area contributed by atoms with Crippen molar-refractivity contribution in [1.29, 1.82) is 0 Å². The summed E-state index contributed by atoms with van der Waals surface area (Å²) in [5, 5.41) is 8.64. The van der Waals surface area contributed by atoms with Crippen molar-refractivity contribution in [3.63, 3.8) is 0 Å². The van der Waals surface area contributed by atoms with Gasteiger partial charge >= 0.3 is 0 Å². The zero-order chi connectivity index (χ0) is 10.7. The minimum atomic E-state index is -3.00. The van der Waals surface area contributed by atoms with Crippen LogP contribution in [0, 0.1) is 5.82 Å². The number of hydrogen-bond donors (Lipinski definition) is 1. The van der Waals surface area contributed by atoms with E-state index in [1.165, 1.54) is 0 Å². The van der Waals surface area contributed by atoms with E-state index in [1.807, 2.05) is 0 Å². The van der Waals surface area contributed by atoms with Crippen molar-refractivity contribution in [2.45, 2.75) is 13.0 Å². The fraction of sp³-hybridized carbons (Fsp3) is 0.375. The van der Waals surface area contributed by atoms with Crippen molar-refractivity contribution >= 4 is 0 Å². The maximum absolute atomic E-state index is 13.0. The molecule has 78 valence electrons. The number of hydrogen-bond acceptors (Lipinski definition) is 3. The summed E-state index contributed by atoms with van der Waals surface area (Å²) in [6.45, 7) is -0.531. The molecule has 0 unspecified atom stereocenters. The molecule has 1 N–H and O–H groups in total. The SMILES string of the molecule is COc1nc(CO)cc(F)c1C(F)F. The van der Waals surface area contributed by atoms with Crippen molar-refractivity contribution in [1.82, 2.24) is 4.98 Å². The highest BCUT2D eigenvalue weighted by atomic mass is 19.3. The maximum atomic E-state index is 13.0. The molecule has 1 rings (SSSR count). The summed E-state index contributed by atoms with van der Waals surface area (Å²) >= 11 is 0. The Balaban J connectivity index is 3.27. The Labute approximate surface area is 78.2 Å². The molecule has 1 aromatic rings. The largest absolute Gasteiger partial charge is 0.481 e. The molecule has 0 aliphatic heterocycles. The molecule has 0 saturated carbocycles. The Morgan fingerprint density at radius 2 is 2.21 bits per heavy atom. The number of methoxy groups -OCH3 is 1. The normalized spacial score (nSPS) is 10.7. The summed E-state index contributed by atoms with van der Waals surface area (Å²) in [5.41, 5.74) is -0.937. The molecule has 0 radical (unpaired) electrons.